The zero-order chi connectivity index (χ0) is 24.3. The van der Waals surface area contributed by atoms with Gasteiger partial charge in [-0.2, -0.15) is 4.98 Å². The molecule has 13 nitrogen and oxygen atoms in total. The molecule has 1 aliphatic heterocycles. The molecular formula is C20H32N6O7. The minimum absolute atomic E-state index is 0.0753. The van der Waals surface area contributed by atoms with Crippen LogP contribution in [0.1, 0.15) is 64.5 Å². The molecule has 1 aliphatic rings. The van der Waals surface area contributed by atoms with Crippen molar-refractivity contribution in [3.63, 3.8) is 0 Å². The summed E-state index contributed by atoms with van der Waals surface area (Å²) in [5.74, 6) is -0.0753. The SMILES string of the molecule is CCCCCCCCCCOC(=O)Nc1ccn(C2OC(CO)(N=[N+]=[N-])C(O)C2O)c(=O)n1. The fourth-order valence-corrected chi connectivity index (χ4v) is 3.53. The lowest BCUT2D eigenvalue weighted by atomic mass is 10.1. The second kappa shape index (κ2) is 13.1. The summed E-state index contributed by atoms with van der Waals surface area (Å²) in [6.07, 6.45) is 4.42. The highest BCUT2D eigenvalue weighted by Gasteiger charge is 2.54. The van der Waals surface area contributed by atoms with Gasteiger partial charge in [-0.05, 0) is 18.0 Å². The van der Waals surface area contributed by atoms with Crippen molar-refractivity contribution < 1.29 is 29.6 Å². The Labute approximate surface area is 191 Å². The molecule has 1 fully saturated rings. The molecule has 2 heterocycles. The lowest BCUT2D eigenvalue weighted by Gasteiger charge is -2.23. The van der Waals surface area contributed by atoms with Crippen LogP contribution in [0.5, 0.6) is 0 Å². The van der Waals surface area contributed by atoms with Gasteiger partial charge in [0.2, 0.25) is 5.72 Å². The molecule has 0 aromatic carbocycles. The maximum atomic E-state index is 12.4. The van der Waals surface area contributed by atoms with Crippen molar-refractivity contribution in [3.05, 3.63) is 33.2 Å². The number of aliphatic hydroxyl groups excluding tert-OH is 3. The number of nitrogens with one attached hydrogen (secondary N) is 1. The summed E-state index contributed by atoms with van der Waals surface area (Å²) in [4.78, 5) is 30.5. The first kappa shape index (κ1) is 26.6. The van der Waals surface area contributed by atoms with E-state index in [-0.39, 0.29) is 12.4 Å². The molecule has 4 unspecified atom stereocenters. The number of hydrogen-bond donors (Lipinski definition) is 4. The van der Waals surface area contributed by atoms with Crippen molar-refractivity contribution in [2.24, 2.45) is 5.11 Å². The monoisotopic (exact) mass is 468 g/mol. The van der Waals surface area contributed by atoms with E-state index in [0.717, 1.165) is 23.8 Å². The molecule has 1 amide bonds. The topological polar surface area (TPSA) is 192 Å². The third-order valence-corrected chi connectivity index (χ3v) is 5.41. The lowest BCUT2D eigenvalue weighted by molar-refractivity contribution is -0.125. The van der Waals surface area contributed by atoms with E-state index in [4.69, 9.17) is 15.0 Å². The fourth-order valence-electron chi connectivity index (χ4n) is 3.53. The van der Waals surface area contributed by atoms with Crippen molar-refractivity contribution in [2.75, 3.05) is 18.5 Å². The molecule has 0 saturated carbocycles. The van der Waals surface area contributed by atoms with Gasteiger partial charge in [0.1, 0.15) is 18.0 Å². The van der Waals surface area contributed by atoms with E-state index < -0.39 is 42.6 Å². The number of rotatable bonds is 13. The van der Waals surface area contributed by atoms with Crippen LogP contribution >= 0.6 is 0 Å². The van der Waals surface area contributed by atoms with Crippen LogP contribution in [0, 0.1) is 0 Å². The fraction of sp³-hybridized carbons (Fsp3) is 0.750. The molecule has 33 heavy (non-hydrogen) atoms. The van der Waals surface area contributed by atoms with Gasteiger partial charge >= 0.3 is 11.8 Å². The number of nitrogens with zero attached hydrogens (tertiary/aromatic N) is 5. The number of azide groups is 1. The standard InChI is InChI=1S/C20H32N6O7/c1-2-3-4-5-6-7-8-9-12-32-19(31)23-14-10-11-26(18(30)22-14)17-15(28)16(29)20(13-27,33-17)24-25-21/h10-11,15-17,27-29H,2-9,12-13H2,1H3,(H,22,23,30,31). The highest BCUT2D eigenvalue weighted by atomic mass is 16.6. The molecule has 0 aliphatic carbocycles. The van der Waals surface area contributed by atoms with Gasteiger partial charge < -0.3 is 24.8 Å². The van der Waals surface area contributed by atoms with E-state index in [2.05, 4.69) is 27.3 Å². The second-order valence-corrected chi connectivity index (χ2v) is 7.87. The van der Waals surface area contributed by atoms with E-state index in [1.807, 2.05) is 0 Å². The van der Waals surface area contributed by atoms with E-state index in [0.29, 0.717) is 0 Å². The predicted octanol–water partition coefficient (Wildman–Crippen LogP) is 2.18. The van der Waals surface area contributed by atoms with Gasteiger partial charge in [0.05, 0.1) is 13.2 Å². The number of amides is 1. The Balaban J connectivity index is 1.84. The van der Waals surface area contributed by atoms with Gasteiger partial charge in [0.25, 0.3) is 0 Å². The van der Waals surface area contributed by atoms with Crippen molar-refractivity contribution in [1.82, 2.24) is 9.55 Å². The molecule has 0 spiro atoms. The number of anilines is 1. The minimum atomic E-state index is -2.14. The largest absolute Gasteiger partial charge is 0.449 e. The van der Waals surface area contributed by atoms with Crippen molar-refractivity contribution in [3.8, 4) is 0 Å². The van der Waals surface area contributed by atoms with E-state index in [1.165, 1.54) is 44.4 Å². The van der Waals surface area contributed by atoms with Gasteiger partial charge in [-0.3, -0.25) is 9.88 Å². The van der Waals surface area contributed by atoms with Crippen LogP contribution in [0.15, 0.2) is 22.2 Å². The average Bonchev–Trinajstić information content (AvgIpc) is 3.04. The summed E-state index contributed by atoms with van der Waals surface area (Å²) < 4.78 is 11.2. The summed E-state index contributed by atoms with van der Waals surface area (Å²) in [5.41, 5.74) is 5.58. The van der Waals surface area contributed by atoms with E-state index in [1.54, 1.807) is 0 Å². The Morgan fingerprint density at radius 2 is 1.97 bits per heavy atom. The molecule has 1 aromatic heterocycles. The molecule has 0 radical (unpaired) electrons. The molecule has 0 bridgehead atoms. The van der Waals surface area contributed by atoms with Crippen LogP contribution in [-0.4, -0.2) is 62.1 Å². The van der Waals surface area contributed by atoms with Gasteiger partial charge in [-0.15, -0.1) is 0 Å². The third kappa shape index (κ3) is 7.14. The Bertz CT molecular complexity index is 875. The zero-order valence-electron chi connectivity index (χ0n) is 18.7. The number of carbonyl (C=O) groups is 1. The summed E-state index contributed by atoms with van der Waals surface area (Å²) in [6, 6.07) is 1.27. The second-order valence-electron chi connectivity index (χ2n) is 7.87. The number of hydrogen-bond acceptors (Lipinski definition) is 9. The van der Waals surface area contributed by atoms with Gasteiger partial charge in [-0.1, -0.05) is 57.0 Å². The Kier molecular flexibility index (Phi) is 10.6. The minimum Gasteiger partial charge on any atom is -0.449 e. The van der Waals surface area contributed by atoms with Crippen molar-refractivity contribution >= 4 is 11.9 Å². The molecule has 1 aromatic rings. The number of carbonyl (C=O) groups excluding carboxylic acids is 1. The Hall–Kier alpha value is -2.70. The first-order chi connectivity index (χ1) is 15.9. The number of ether oxygens (including phenoxy) is 2. The molecule has 4 N–H and O–H groups in total. The summed E-state index contributed by atoms with van der Waals surface area (Å²) >= 11 is 0. The van der Waals surface area contributed by atoms with Crippen LogP contribution in [0.4, 0.5) is 10.6 Å². The molecule has 4 atom stereocenters. The predicted molar refractivity (Wildman–Crippen MR) is 117 cm³/mol. The first-order valence-corrected chi connectivity index (χ1v) is 11.1. The van der Waals surface area contributed by atoms with Crippen LogP contribution < -0.4 is 11.0 Å². The smallest absolute Gasteiger partial charge is 0.412 e. The Morgan fingerprint density at radius 3 is 2.58 bits per heavy atom. The highest BCUT2D eigenvalue weighted by molar-refractivity contribution is 5.83. The molecule has 2 rings (SSSR count). The van der Waals surface area contributed by atoms with Gasteiger partial charge in [-0.25, -0.2) is 9.59 Å². The van der Waals surface area contributed by atoms with Crippen LogP contribution in [0.25, 0.3) is 10.4 Å². The molecular weight excluding hydrogens is 436 g/mol. The van der Waals surface area contributed by atoms with Crippen LogP contribution in [0.2, 0.25) is 0 Å². The van der Waals surface area contributed by atoms with Gasteiger partial charge in [0.15, 0.2) is 6.23 Å². The quantitative estimate of drug-likeness (QED) is 0.146. The van der Waals surface area contributed by atoms with Crippen molar-refractivity contribution in [2.45, 2.75) is 82.5 Å². The molecule has 184 valence electrons. The maximum Gasteiger partial charge on any atom is 0.412 e. The van der Waals surface area contributed by atoms with Crippen molar-refractivity contribution in [1.29, 1.82) is 0 Å². The Morgan fingerprint density at radius 1 is 1.30 bits per heavy atom. The summed E-state index contributed by atoms with van der Waals surface area (Å²) in [7, 11) is 0. The molecule has 1 saturated heterocycles. The van der Waals surface area contributed by atoms with E-state index in [9.17, 15) is 24.9 Å². The van der Waals surface area contributed by atoms with E-state index >= 15 is 0 Å². The maximum absolute atomic E-state index is 12.4. The third-order valence-electron chi connectivity index (χ3n) is 5.41. The number of aromatic nitrogens is 2. The zero-order valence-corrected chi connectivity index (χ0v) is 18.7. The number of unbranched alkanes of at least 4 members (excludes halogenated alkanes) is 7. The lowest BCUT2D eigenvalue weighted by Crippen LogP contribution is -2.44. The molecule has 13 heteroatoms. The normalized spacial score (nSPS) is 24.3. The van der Waals surface area contributed by atoms with Gasteiger partial charge in [0, 0.05) is 11.1 Å². The highest BCUT2D eigenvalue weighted by Crippen LogP contribution is 2.37. The summed E-state index contributed by atoms with van der Waals surface area (Å²) in [6.45, 7) is 1.51. The average molecular weight is 469 g/mol. The number of aliphatic hydroxyl groups is 3. The van der Waals surface area contributed by atoms with Crippen LogP contribution in [-0.2, 0) is 9.47 Å². The summed E-state index contributed by atoms with van der Waals surface area (Å²) in [5, 5.41) is 35.3. The first-order valence-electron chi connectivity index (χ1n) is 11.1. The van der Waals surface area contributed by atoms with Crippen LogP contribution in [0.3, 0.4) is 0 Å².